The minimum atomic E-state index is -0.622. The zero-order valence-corrected chi connectivity index (χ0v) is 24.0. The summed E-state index contributed by atoms with van der Waals surface area (Å²) in [5, 5.41) is 4.15. The lowest BCUT2D eigenvalue weighted by atomic mass is 9.81. The first-order valence-electron chi connectivity index (χ1n) is 13.5. The Balaban J connectivity index is 1.77. The van der Waals surface area contributed by atoms with Crippen LogP contribution in [-0.4, -0.2) is 35.2 Å². The quantitative estimate of drug-likeness (QED) is 0.342. The minimum Gasteiger partial charge on any atom is -0.369 e. The van der Waals surface area contributed by atoms with E-state index < -0.39 is 23.8 Å². The Hall–Kier alpha value is -2.57. The number of benzene rings is 2. The zero-order chi connectivity index (χ0) is 27.8. The molecule has 1 heterocycles. The molecule has 6 nitrogen and oxygen atoms in total. The standard InChI is InChI=1S/C30H39Cl2N3O3/c1-4-8-24(28(33)36)25(15-19(2)3)29(37)34-27-11-5-6-14-35(30(27)38)18-20-9-7-10-21(16-20)23-13-12-22(31)17-26(23)32/h7,9-10,12-13,16-17,19,24-25,27H,4-6,8,11,14-15,18H2,1-3H3,(H2,33,36)(H,34,37)/t24-,25?,27-/m0/s1. The molecule has 1 aliphatic rings. The molecule has 3 N–H and O–H groups in total. The first-order valence-corrected chi connectivity index (χ1v) is 14.3. The molecule has 3 amide bonds. The highest BCUT2D eigenvalue weighted by molar-refractivity contribution is 6.36. The van der Waals surface area contributed by atoms with E-state index in [-0.39, 0.29) is 17.7 Å². The fraction of sp³-hybridized carbons (Fsp3) is 0.500. The summed E-state index contributed by atoms with van der Waals surface area (Å²) in [5.74, 6) is -1.68. The van der Waals surface area contributed by atoms with Crippen molar-refractivity contribution < 1.29 is 14.4 Å². The molecule has 0 saturated carbocycles. The van der Waals surface area contributed by atoms with Gasteiger partial charge in [0.25, 0.3) is 0 Å². The molecule has 0 radical (unpaired) electrons. The Labute approximate surface area is 236 Å². The Morgan fingerprint density at radius 3 is 2.53 bits per heavy atom. The van der Waals surface area contributed by atoms with Crippen LogP contribution in [0, 0.1) is 17.8 Å². The van der Waals surface area contributed by atoms with Gasteiger partial charge < -0.3 is 16.0 Å². The second-order valence-electron chi connectivity index (χ2n) is 10.7. The Morgan fingerprint density at radius 1 is 1.11 bits per heavy atom. The van der Waals surface area contributed by atoms with Crippen molar-refractivity contribution in [2.45, 2.75) is 71.9 Å². The molecular weight excluding hydrogens is 521 g/mol. The van der Waals surface area contributed by atoms with Crippen LogP contribution >= 0.6 is 23.2 Å². The molecule has 206 valence electrons. The van der Waals surface area contributed by atoms with Gasteiger partial charge in [-0.3, -0.25) is 14.4 Å². The van der Waals surface area contributed by atoms with Gasteiger partial charge in [-0.15, -0.1) is 0 Å². The Kier molecular flexibility index (Phi) is 11.0. The summed E-state index contributed by atoms with van der Waals surface area (Å²) in [6, 6.07) is 12.7. The number of likely N-dealkylation sites (tertiary alicyclic amines) is 1. The van der Waals surface area contributed by atoms with Gasteiger partial charge >= 0.3 is 0 Å². The van der Waals surface area contributed by atoms with Crippen molar-refractivity contribution in [1.82, 2.24) is 10.2 Å². The highest BCUT2D eigenvalue weighted by Gasteiger charge is 2.35. The minimum absolute atomic E-state index is 0.0970. The smallest absolute Gasteiger partial charge is 0.245 e. The molecule has 0 aromatic heterocycles. The molecule has 0 spiro atoms. The SMILES string of the molecule is CCC[C@H](C(N)=O)C(CC(C)C)C(=O)N[C@H]1CCCCN(Cc2cccc(-c3ccc(Cl)cc3Cl)c2)C1=O. The van der Waals surface area contributed by atoms with Gasteiger partial charge in [-0.05, 0) is 67.3 Å². The third-order valence-corrected chi connectivity index (χ3v) is 7.70. The normalized spacial score (nSPS) is 17.7. The lowest BCUT2D eigenvalue weighted by Crippen LogP contribution is -2.50. The van der Waals surface area contributed by atoms with Crippen LogP contribution < -0.4 is 11.1 Å². The van der Waals surface area contributed by atoms with E-state index in [1.54, 1.807) is 12.1 Å². The zero-order valence-electron chi connectivity index (χ0n) is 22.5. The van der Waals surface area contributed by atoms with Gasteiger partial charge in [0.2, 0.25) is 17.7 Å². The first kappa shape index (κ1) is 30.0. The van der Waals surface area contributed by atoms with E-state index in [1.807, 2.05) is 56.0 Å². The number of nitrogens with one attached hydrogen (secondary N) is 1. The summed E-state index contributed by atoms with van der Waals surface area (Å²) in [5.41, 5.74) is 8.49. The molecule has 1 saturated heterocycles. The lowest BCUT2D eigenvalue weighted by molar-refractivity contribution is -0.139. The molecule has 8 heteroatoms. The van der Waals surface area contributed by atoms with Crippen LogP contribution in [0.5, 0.6) is 0 Å². The van der Waals surface area contributed by atoms with Crippen LogP contribution in [0.1, 0.15) is 64.9 Å². The van der Waals surface area contributed by atoms with E-state index in [9.17, 15) is 14.4 Å². The van der Waals surface area contributed by atoms with Gasteiger partial charge in [0.05, 0.1) is 0 Å². The number of hydrogen-bond donors (Lipinski definition) is 2. The molecule has 0 bridgehead atoms. The topological polar surface area (TPSA) is 92.5 Å². The maximum atomic E-state index is 13.6. The summed E-state index contributed by atoms with van der Waals surface area (Å²) in [4.78, 5) is 41.0. The molecular formula is C30H39Cl2N3O3. The Morgan fingerprint density at radius 2 is 1.87 bits per heavy atom. The second-order valence-corrected chi connectivity index (χ2v) is 11.5. The predicted molar refractivity (Wildman–Crippen MR) is 154 cm³/mol. The average Bonchev–Trinajstić information content (AvgIpc) is 3.02. The number of primary amides is 1. The van der Waals surface area contributed by atoms with Crippen LogP contribution in [0.4, 0.5) is 0 Å². The predicted octanol–water partition coefficient (Wildman–Crippen LogP) is 6.22. The molecule has 0 aliphatic carbocycles. The number of nitrogens with zero attached hydrogens (tertiary/aromatic N) is 1. The molecule has 1 aliphatic heterocycles. The summed E-state index contributed by atoms with van der Waals surface area (Å²) in [6.45, 7) is 7.07. The molecule has 38 heavy (non-hydrogen) atoms. The van der Waals surface area contributed by atoms with Crippen molar-refractivity contribution in [3.05, 3.63) is 58.1 Å². The molecule has 2 aromatic carbocycles. The summed E-state index contributed by atoms with van der Waals surface area (Å²) in [6.07, 6.45) is 4.12. The summed E-state index contributed by atoms with van der Waals surface area (Å²) >= 11 is 12.5. The third-order valence-electron chi connectivity index (χ3n) is 7.15. The number of carbonyl (C=O) groups is 3. The van der Waals surface area contributed by atoms with Crippen LogP contribution in [0.15, 0.2) is 42.5 Å². The van der Waals surface area contributed by atoms with Crippen molar-refractivity contribution in [2.75, 3.05) is 6.54 Å². The van der Waals surface area contributed by atoms with Crippen molar-refractivity contribution in [3.63, 3.8) is 0 Å². The summed E-state index contributed by atoms with van der Waals surface area (Å²) < 4.78 is 0. The van der Waals surface area contributed by atoms with E-state index in [0.717, 1.165) is 36.0 Å². The van der Waals surface area contributed by atoms with Gasteiger partial charge in [-0.25, -0.2) is 0 Å². The highest BCUT2D eigenvalue weighted by Crippen LogP contribution is 2.31. The summed E-state index contributed by atoms with van der Waals surface area (Å²) in [7, 11) is 0. The van der Waals surface area contributed by atoms with E-state index >= 15 is 0 Å². The van der Waals surface area contributed by atoms with Crippen molar-refractivity contribution in [2.24, 2.45) is 23.5 Å². The van der Waals surface area contributed by atoms with Crippen molar-refractivity contribution >= 4 is 40.9 Å². The van der Waals surface area contributed by atoms with Crippen LogP contribution in [-0.2, 0) is 20.9 Å². The van der Waals surface area contributed by atoms with Gasteiger partial charge in [0.15, 0.2) is 0 Å². The fourth-order valence-electron chi connectivity index (χ4n) is 5.27. The fourth-order valence-corrected chi connectivity index (χ4v) is 5.79. The molecule has 3 atom stereocenters. The van der Waals surface area contributed by atoms with Crippen LogP contribution in [0.25, 0.3) is 11.1 Å². The molecule has 1 fully saturated rings. The monoisotopic (exact) mass is 559 g/mol. The third kappa shape index (κ3) is 7.97. The Bertz CT molecular complexity index is 1140. The molecule has 2 aromatic rings. The van der Waals surface area contributed by atoms with E-state index in [4.69, 9.17) is 28.9 Å². The number of carbonyl (C=O) groups excluding carboxylic acids is 3. The number of hydrogen-bond acceptors (Lipinski definition) is 3. The maximum Gasteiger partial charge on any atom is 0.245 e. The largest absolute Gasteiger partial charge is 0.369 e. The maximum absolute atomic E-state index is 13.6. The number of amides is 3. The van der Waals surface area contributed by atoms with Gasteiger partial charge in [-0.1, -0.05) is 74.7 Å². The lowest BCUT2D eigenvalue weighted by Gasteiger charge is -2.29. The van der Waals surface area contributed by atoms with Crippen molar-refractivity contribution in [3.8, 4) is 11.1 Å². The van der Waals surface area contributed by atoms with E-state index in [1.165, 1.54) is 0 Å². The number of rotatable bonds is 11. The second kappa shape index (κ2) is 14.0. The van der Waals surface area contributed by atoms with Gasteiger partial charge in [0.1, 0.15) is 6.04 Å². The van der Waals surface area contributed by atoms with E-state index in [0.29, 0.717) is 42.4 Å². The molecule has 3 rings (SSSR count). The molecule has 1 unspecified atom stereocenters. The van der Waals surface area contributed by atoms with Crippen LogP contribution in [0.2, 0.25) is 10.0 Å². The first-order chi connectivity index (χ1) is 18.1. The van der Waals surface area contributed by atoms with Crippen molar-refractivity contribution in [1.29, 1.82) is 0 Å². The van der Waals surface area contributed by atoms with E-state index in [2.05, 4.69) is 5.32 Å². The van der Waals surface area contributed by atoms with Gasteiger partial charge in [0, 0.05) is 40.5 Å². The highest BCUT2D eigenvalue weighted by atomic mass is 35.5. The van der Waals surface area contributed by atoms with Gasteiger partial charge in [-0.2, -0.15) is 0 Å². The number of nitrogens with two attached hydrogens (primary N) is 1. The number of halogens is 2. The van der Waals surface area contributed by atoms with Crippen LogP contribution in [0.3, 0.4) is 0 Å². The average molecular weight is 561 g/mol.